The SMILES string of the molecule is CC[C@H](C)[C@H](NC(=O)[C@H](CCCCN)NC(=O)[C@H](CC(N)=O)NC(=O)CNC(=O)[C@H](CCC(=O)O)NC(=O)[C@H](Cc1c[nH]c2ccccc12)NC(=O)[C@@H](NC(=O)[C@H](CS)NC(C)=O)[C@@H](C)O)C(=O)N[C@H](C(=O)N[C@@H](CS)C(N)=O)[C@@H](C)O. The largest absolute Gasteiger partial charge is 0.481 e. The van der Waals surface area contributed by atoms with Crippen LogP contribution in [0.4, 0.5) is 0 Å². The summed E-state index contributed by atoms with van der Waals surface area (Å²) in [6, 6.07) is -6.92. The van der Waals surface area contributed by atoms with E-state index in [1.807, 2.05) is 0 Å². The Labute approximate surface area is 483 Å². The van der Waals surface area contributed by atoms with Crippen LogP contribution in [0.3, 0.4) is 0 Å². The van der Waals surface area contributed by atoms with Crippen molar-refractivity contribution < 1.29 is 77.6 Å². The van der Waals surface area contributed by atoms with E-state index in [4.69, 9.17) is 17.2 Å². The number of thiol groups is 2. The third-order valence-electron chi connectivity index (χ3n) is 12.7. The average molecular weight is 1200 g/mol. The second-order valence-electron chi connectivity index (χ2n) is 19.4. The number of benzene rings is 1. The van der Waals surface area contributed by atoms with Gasteiger partial charge in [-0.2, -0.15) is 25.3 Å². The quantitative estimate of drug-likeness (QED) is 0.0221. The number of nitrogens with one attached hydrogen (secondary N) is 11. The van der Waals surface area contributed by atoms with Crippen LogP contribution >= 0.6 is 25.3 Å². The molecule has 0 unspecified atom stereocenters. The van der Waals surface area contributed by atoms with E-state index in [1.165, 1.54) is 13.8 Å². The van der Waals surface area contributed by atoms with E-state index in [9.17, 15) is 77.6 Å². The fourth-order valence-corrected chi connectivity index (χ4v) is 8.48. The number of hydrogen-bond acceptors (Lipinski definition) is 18. The molecular formula is C50H78N14O16S2. The first-order valence-corrected chi connectivity index (χ1v) is 27.4. The highest BCUT2D eigenvalue weighted by atomic mass is 32.1. The third kappa shape index (κ3) is 23.5. The molecule has 1 heterocycles. The van der Waals surface area contributed by atoms with Gasteiger partial charge in [-0.05, 0) is 63.6 Å². The van der Waals surface area contributed by atoms with E-state index in [-0.39, 0.29) is 43.7 Å². The van der Waals surface area contributed by atoms with Gasteiger partial charge in [-0.15, -0.1) is 0 Å². The summed E-state index contributed by atoms with van der Waals surface area (Å²) < 4.78 is 0. The molecule has 0 saturated heterocycles. The van der Waals surface area contributed by atoms with Crippen LogP contribution in [0.1, 0.15) is 85.1 Å². The fraction of sp³-hybridized carbons (Fsp3) is 0.580. The van der Waals surface area contributed by atoms with Gasteiger partial charge >= 0.3 is 5.97 Å². The first-order chi connectivity index (χ1) is 38.6. The number of fused-ring (bicyclic) bond motifs is 1. The Morgan fingerprint density at radius 3 is 1.62 bits per heavy atom. The van der Waals surface area contributed by atoms with Gasteiger partial charge in [0.05, 0.1) is 25.2 Å². The lowest BCUT2D eigenvalue weighted by Crippen LogP contribution is -2.62. The Morgan fingerprint density at radius 1 is 0.598 bits per heavy atom. The predicted octanol–water partition coefficient (Wildman–Crippen LogP) is -5.77. The summed E-state index contributed by atoms with van der Waals surface area (Å²) in [7, 11) is 0. The van der Waals surface area contributed by atoms with Crippen LogP contribution in [0.5, 0.6) is 0 Å². The zero-order chi connectivity index (χ0) is 62.0. The number of carboxylic acids is 1. The zero-order valence-corrected chi connectivity index (χ0v) is 47.9. The third-order valence-corrected chi connectivity index (χ3v) is 13.4. The van der Waals surface area contributed by atoms with E-state index >= 15 is 0 Å². The van der Waals surface area contributed by atoms with E-state index in [2.05, 4.69) is 83.4 Å². The molecule has 0 aliphatic rings. The van der Waals surface area contributed by atoms with Crippen LogP contribution in [0.25, 0.3) is 10.9 Å². The number of rotatable bonds is 37. The van der Waals surface area contributed by atoms with Crippen LogP contribution in [-0.4, -0.2) is 188 Å². The minimum absolute atomic E-state index is 0.0991. The zero-order valence-electron chi connectivity index (χ0n) is 46.1. The maximum Gasteiger partial charge on any atom is 0.303 e. The molecule has 1 aromatic carbocycles. The number of amides is 12. The Balaban J connectivity index is 2.39. The van der Waals surface area contributed by atoms with Crippen molar-refractivity contribution in [2.45, 2.75) is 153 Å². The van der Waals surface area contributed by atoms with E-state index in [1.54, 1.807) is 44.3 Å². The number of carbonyl (C=O) groups is 13. The van der Waals surface area contributed by atoms with E-state index in [0.717, 1.165) is 6.92 Å². The number of aromatic amines is 1. The monoisotopic (exact) mass is 1190 g/mol. The summed E-state index contributed by atoms with van der Waals surface area (Å²) in [6.07, 6.45) is -3.18. The summed E-state index contributed by atoms with van der Waals surface area (Å²) in [6.45, 7) is 6.01. The normalized spacial score (nSPS) is 15.5. The minimum atomic E-state index is -1.80. The summed E-state index contributed by atoms with van der Waals surface area (Å²) in [4.78, 5) is 174. The van der Waals surface area contributed by atoms with Crippen molar-refractivity contribution in [2.24, 2.45) is 23.1 Å². The number of carbonyl (C=O) groups excluding carboxylic acids is 12. The number of aliphatic hydroxyl groups excluding tert-OH is 2. The molecule has 32 heteroatoms. The van der Waals surface area contributed by atoms with Crippen LogP contribution in [-0.2, 0) is 68.7 Å². The maximum atomic E-state index is 14.2. The second-order valence-corrected chi connectivity index (χ2v) is 20.1. The second kappa shape index (κ2) is 35.3. The van der Waals surface area contributed by atoms with Crippen molar-refractivity contribution in [3.63, 3.8) is 0 Å². The van der Waals surface area contributed by atoms with E-state index < -0.39 is 175 Å². The van der Waals surface area contributed by atoms with Gasteiger partial charge in [0.2, 0.25) is 70.9 Å². The molecule has 0 aliphatic heterocycles. The molecule has 2 rings (SSSR count). The smallest absolute Gasteiger partial charge is 0.303 e. The number of aromatic nitrogens is 1. The van der Waals surface area contributed by atoms with Gasteiger partial charge in [0.25, 0.3) is 0 Å². The molecule has 20 N–H and O–H groups in total. The van der Waals surface area contributed by atoms with Crippen molar-refractivity contribution in [3.05, 3.63) is 36.0 Å². The number of nitrogens with two attached hydrogens (primary N) is 3. The van der Waals surface area contributed by atoms with Gasteiger partial charge in [0.15, 0.2) is 0 Å². The van der Waals surface area contributed by atoms with Gasteiger partial charge in [-0.1, -0.05) is 38.5 Å². The molecule has 30 nitrogen and oxygen atoms in total. The van der Waals surface area contributed by atoms with Crippen molar-refractivity contribution >= 4 is 113 Å². The van der Waals surface area contributed by atoms with Gasteiger partial charge in [-0.3, -0.25) is 62.3 Å². The van der Waals surface area contributed by atoms with Gasteiger partial charge in [-0.25, -0.2) is 0 Å². The summed E-state index contributed by atoms with van der Waals surface area (Å²) in [5.41, 5.74) is 17.5. The lowest BCUT2D eigenvalue weighted by Gasteiger charge is -2.30. The first kappa shape index (κ1) is 70.6. The molecule has 12 amide bonds. The average Bonchev–Trinajstić information content (AvgIpc) is 3.82. The predicted molar refractivity (Wildman–Crippen MR) is 301 cm³/mol. The summed E-state index contributed by atoms with van der Waals surface area (Å²) in [5, 5.41) is 54.9. The number of H-pyrrole nitrogens is 1. The van der Waals surface area contributed by atoms with Crippen molar-refractivity contribution in [1.82, 2.24) is 58.2 Å². The molecule has 0 aliphatic carbocycles. The number of unbranched alkanes of at least 4 members (excludes halogenated alkanes) is 1. The van der Waals surface area contributed by atoms with E-state index in [0.29, 0.717) is 22.9 Å². The Bertz CT molecular complexity index is 2590. The Morgan fingerprint density at radius 2 is 1.10 bits per heavy atom. The molecule has 0 spiro atoms. The number of carboxylic acid groups (broad SMARTS) is 1. The number of hydrogen-bond donors (Lipinski definition) is 19. The molecule has 0 fully saturated rings. The first-order valence-electron chi connectivity index (χ1n) is 26.2. The lowest BCUT2D eigenvalue weighted by molar-refractivity contribution is -0.138. The van der Waals surface area contributed by atoms with Crippen LogP contribution in [0, 0.1) is 5.92 Å². The van der Waals surface area contributed by atoms with Gasteiger partial charge in [0, 0.05) is 48.4 Å². The number of aliphatic hydroxyl groups is 2. The highest BCUT2D eigenvalue weighted by molar-refractivity contribution is 7.80. The lowest BCUT2D eigenvalue weighted by atomic mass is 9.96. The van der Waals surface area contributed by atoms with Crippen molar-refractivity contribution in [2.75, 3.05) is 24.6 Å². The minimum Gasteiger partial charge on any atom is -0.481 e. The van der Waals surface area contributed by atoms with Crippen molar-refractivity contribution in [1.29, 1.82) is 0 Å². The standard InChI is InChI=1S/C50H78N14O16S2/c1-6-23(2)39(48(78)64-41(25(4)66)50(80)61-34(21-81)42(53)72)62-44(74)30(13-9-10-16-51)58-46(76)33(18-36(52)68)57-37(69)20-55-43(73)31(14-15-38(70)71)59-45(75)32(17-27-19-54-29-12-8-7-11-28(27)29)60-49(79)40(24(3)65)63-47(77)35(22-82)56-26(5)67/h7-8,11-12,19,23-25,30-35,39-41,54,65-66,81-82H,6,9-10,13-18,20-22,51H2,1-5H3,(H2,52,68)(H2,53,72)(H,55,73)(H,56,67)(H,57,69)(H,58,76)(H,59,75)(H,60,79)(H,61,80)(H,62,74)(H,63,77)(H,64,78)(H,70,71)/t23-,24+,25+,30-,31-,32-,33-,34-,35-,39-,40-,41-/m0/s1. The summed E-state index contributed by atoms with van der Waals surface area (Å²) >= 11 is 8.04. The molecule has 2 aromatic rings. The highest BCUT2D eigenvalue weighted by Gasteiger charge is 2.37. The molecule has 1 aromatic heterocycles. The molecule has 12 atom stereocenters. The molecular weight excluding hydrogens is 1120 g/mol. The number of para-hydroxylation sites is 1. The van der Waals surface area contributed by atoms with Crippen LogP contribution in [0.2, 0.25) is 0 Å². The fourth-order valence-electron chi connectivity index (χ4n) is 7.95. The topological polar surface area (TPSA) is 497 Å². The highest BCUT2D eigenvalue weighted by Crippen LogP contribution is 2.20. The van der Waals surface area contributed by atoms with Crippen LogP contribution < -0.4 is 70.4 Å². The van der Waals surface area contributed by atoms with Gasteiger partial charge in [0.1, 0.15) is 54.4 Å². The van der Waals surface area contributed by atoms with Gasteiger partial charge < -0.3 is 90.7 Å². The molecule has 82 heavy (non-hydrogen) atoms. The molecule has 0 saturated carbocycles. The van der Waals surface area contributed by atoms with Crippen molar-refractivity contribution in [3.8, 4) is 0 Å². The number of aliphatic carboxylic acids is 1. The Hall–Kier alpha value is -7.55. The molecule has 0 radical (unpaired) electrons. The maximum absolute atomic E-state index is 14.2. The Kier molecular flexibility index (Phi) is 30.4. The molecule has 0 bridgehead atoms. The summed E-state index contributed by atoms with van der Waals surface area (Å²) in [5.74, 6) is -14.4. The molecule has 456 valence electrons. The number of primary amides is 2. The van der Waals surface area contributed by atoms with Crippen LogP contribution in [0.15, 0.2) is 30.5 Å².